The van der Waals surface area contributed by atoms with Crippen LogP contribution in [0.5, 0.6) is 11.5 Å². The molecule has 0 radical (unpaired) electrons. The Bertz CT molecular complexity index is 1070. The summed E-state index contributed by atoms with van der Waals surface area (Å²) in [5.41, 5.74) is 1.96. The molecule has 5 rings (SSSR count). The minimum absolute atomic E-state index is 0.00669. The molecule has 2 saturated heterocycles. The molecule has 0 bridgehead atoms. The second-order valence-corrected chi connectivity index (χ2v) is 8.99. The molecule has 2 fully saturated rings. The van der Waals surface area contributed by atoms with Crippen LogP contribution in [0.15, 0.2) is 48.5 Å². The van der Waals surface area contributed by atoms with Gasteiger partial charge in [0.25, 0.3) is 0 Å². The van der Waals surface area contributed by atoms with Crippen LogP contribution in [0.25, 0.3) is 0 Å². The van der Waals surface area contributed by atoms with Gasteiger partial charge in [-0.15, -0.1) is 0 Å². The molecule has 0 aromatic heterocycles. The zero-order valence-corrected chi connectivity index (χ0v) is 19.2. The van der Waals surface area contributed by atoms with Crippen LogP contribution in [0.1, 0.15) is 24.8 Å². The lowest BCUT2D eigenvalue weighted by Crippen LogP contribution is -2.52. The van der Waals surface area contributed by atoms with Crippen LogP contribution in [-0.4, -0.2) is 67.0 Å². The fraction of sp³-hybridized carbons (Fsp3) is 0.423. The van der Waals surface area contributed by atoms with E-state index in [9.17, 15) is 14.4 Å². The van der Waals surface area contributed by atoms with Gasteiger partial charge in [-0.25, -0.2) is 0 Å². The summed E-state index contributed by atoms with van der Waals surface area (Å²) in [6, 6.07) is 15.6. The molecule has 3 amide bonds. The number of nitrogens with zero attached hydrogens (tertiary/aromatic N) is 3. The van der Waals surface area contributed by atoms with Crippen LogP contribution in [0.2, 0.25) is 0 Å². The maximum Gasteiger partial charge on any atom is 0.231 e. The van der Waals surface area contributed by atoms with Crippen molar-refractivity contribution in [3.05, 3.63) is 54.1 Å². The number of ether oxygens (including phenoxy) is 2. The van der Waals surface area contributed by atoms with Gasteiger partial charge in [-0.3, -0.25) is 14.4 Å². The molecule has 34 heavy (non-hydrogen) atoms. The Balaban J connectivity index is 1.10. The van der Waals surface area contributed by atoms with Gasteiger partial charge < -0.3 is 24.2 Å². The molecule has 2 aromatic carbocycles. The van der Waals surface area contributed by atoms with E-state index in [1.54, 1.807) is 21.9 Å². The van der Waals surface area contributed by atoms with Crippen molar-refractivity contribution in [2.75, 3.05) is 44.4 Å². The highest BCUT2D eigenvalue weighted by Gasteiger charge is 2.38. The number of carbonyl (C=O) groups is 3. The number of aryl methyl sites for hydroxylation is 1. The predicted molar refractivity (Wildman–Crippen MR) is 126 cm³/mol. The molecule has 0 aliphatic carbocycles. The normalized spacial score (nSPS) is 19.6. The summed E-state index contributed by atoms with van der Waals surface area (Å²) in [5, 5.41) is 0. The Kier molecular flexibility index (Phi) is 6.38. The quantitative estimate of drug-likeness (QED) is 0.658. The molecule has 1 unspecified atom stereocenters. The fourth-order valence-electron chi connectivity index (χ4n) is 4.86. The zero-order valence-electron chi connectivity index (χ0n) is 19.2. The van der Waals surface area contributed by atoms with E-state index >= 15 is 0 Å². The minimum atomic E-state index is -0.369. The highest BCUT2D eigenvalue weighted by atomic mass is 16.7. The van der Waals surface area contributed by atoms with Gasteiger partial charge in [-0.05, 0) is 30.5 Å². The number of amides is 3. The molecule has 0 spiro atoms. The number of anilines is 1. The van der Waals surface area contributed by atoms with Crippen molar-refractivity contribution in [3.8, 4) is 11.5 Å². The van der Waals surface area contributed by atoms with E-state index in [-0.39, 0.29) is 36.9 Å². The first-order valence-electron chi connectivity index (χ1n) is 11.9. The molecule has 178 valence electrons. The Hall–Kier alpha value is -3.55. The van der Waals surface area contributed by atoms with Crippen LogP contribution in [0.4, 0.5) is 5.69 Å². The lowest BCUT2D eigenvalue weighted by molar-refractivity contribution is -0.142. The summed E-state index contributed by atoms with van der Waals surface area (Å²) in [5.74, 6) is 0.983. The fourth-order valence-corrected chi connectivity index (χ4v) is 4.86. The Labute approximate surface area is 199 Å². The van der Waals surface area contributed by atoms with E-state index in [1.807, 2.05) is 29.2 Å². The number of hydrogen-bond acceptors (Lipinski definition) is 5. The van der Waals surface area contributed by atoms with Gasteiger partial charge in [-0.2, -0.15) is 0 Å². The van der Waals surface area contributed by atoms with Gasteiger partial charge in [0.1, 0.15) is 0 Å². The SMILES string of the molecule is O=C(CCCc1ccccc1)N1CCN(C(=O)C2CC(=O)N(c3ccc4c(c3)OCO4)C2)CC1. The Morgan fingerprint density at radius 1 is 0.912 bits per heavy atom. The molecule has 8 heteroatoms. The standard InChI is InChI=1S/C26H29N3O5/c30-24(8-4-7-19-5-2-1-3-6-19)27-11-13-28(14-12-27)26(32)20-15-25(31)29(17-20)21-9-10-22-23(16-21)34-18-33-22/h1-3,5-6,9-10,16,20H,4,7-8,11-15,17-18H2. The van der Waals surface area contributed by atoms with Crippen molar-refractivity contribution in [1.82, 2.24) is 9.80 Å². The second-order valence-electron chi connectivity index (χ2n) is 8.99. The lowest BCUT2D eigenvalue weighted by atomic mass is 10.1. The first kappa shape index (κ1) is 22.3. The van der Waals surface area contributed by atoms with Crippen LogP contribution >= 0.6 is 0 Å². The topological polar surface area (TPSA) is 79.4 Å². The number of rotatable bonds is 6. The third-order valence-electron chi connectivity index (χ3n) is 6.79. The summed E-state index contributed by atoms with van der Waals surface area (Å²) < 4.78 is 10.7. The number of fused-ring (bicyclic) bond motifs is 1. The highest BCUT2D eigenvalue weighted by Crippen LogP contribution is 2.37. The monoisotopic (exact) mass is 463 g/mol. The van der Waals surface area contributed by atoms with E-state index in [4.69, 9.17) is 9.47 Å². The van der Waals surface area contributed by atoms with Crippen molar-refractivity contribution in [2.24, 2.45) is 5.92 Å². The summed E-state index contributed by atoms with van der Waals surface area (Å²) in [4.78, 5) is 43.7. The molecule has 3 heterocycles. The van der Waals surface area contributed by atoms with Gasteiger partial charge in [0, 0.05) is 57.3 Å². The number of piperazine rings is 1. The van der Waals surface area contributed by atoms with E-state index in [0.717, 1.165) is 18.5 Å². The van der Waals surface area contributed by atoms with E-state index in [0.29, 0.717) is 50.6 Å². The van der Waals surface area contributed by atoms with Crippen molar-refractivity contribution >= 4 is 23.4 Å². The molecule has 3 aliphatic heterocycles. The van der Waals surface area contributed by atoms with Crippen LogP contribution < -0.4 is 14.4 Å². The number of hydrogen-bond donors (Lipinski definition) is 0. The molecule has 3 aliphatic rings. The van der Waals surface area contributed by atoms with E-state index < -0.39 is 0 Å². The maximum atomic E-state index is 13.1. The lowest BCUT2D eigenvalue weighted by Gasteiger charge is -2.36. The molecule has 8 nitrogen and oxygen atoms in total. The summed E-state index contributed by atoms with van der Waals surface area (Å²) >= 11 is 0. The molecule has 2 aromatic rings. The third-order valence-corrected chi connectivity index (χ3v) is 6.79. The summed E-state index contributed by atoms with van der Waals surface area (Å²) in [6.07, 6.45) is 2.43. The molecular weight excluding hydrogens is 434 g/mol. The highest BCUT2D eigenvalue weighted by molar-refractivity contribution is 6.00. The minimum Gasteiger partial charge on any atom is -0.454 e. The van der Waals surface area contributed by atoms with E-state index in [2.05, 4.69) is 12.1 Å². The van der Waals surface area contributed by atoms with Crippen LogP contribution in [0, 0.1) is 5.92 Å². The summed E-state index contributed by atoms with van der Waals surface area (Å²) in [6.45, 7) is 2.64. The largest absolute Gasteiger partial charge is 0.454 e. The Morgan fingerprint density at radius 3 is 2.44 bits per heavy atom. The first-order chi connectivity index (χ1) is 16.6. The third kappa shape index (κ3) is 4.71. The molecular formula is C26H29N3O5. The van der Waals surface area contributed by atoms with Crippen LogP contribution in [-0.2, 0) is 20.8 Å². The van der Waals surface area contributed by atoms with E-state index in [1.165, 1.54) is 5.56 Å². The van der Waals surface area contributed by atoms with Crippen molar-refractivity contribution in [2.45, 2.75) is 25.7 Å². The molecule has 0 saturated carbocycles. The average Bonchev–Trinajstić information content (AvgIpc) is 3.50. The van der Waals surface area contributed by atoms with Gasteiger partial charge in [-0.1, -0.05) is 30.3 Å². The molecule has 1 atom stereocenters. The van der Waals surface area contributed by atoms with Gasteiger partial charge >= 0.3 is 0 Å². The zero-order chi connectivity index (χ0) is 23.5. The van der Waals surface area contributed by atoms with Crippen LogP contribution in [0.3, 0.4) is 0 Å². The average molecular weight is 464 g/mol. The summed E-state index contributed by atoms with van der Waals surface area (Å²) in [7, 11) is 0. The van der Waals surface area contributed by atoms with Crippen molar-refractivity contribution < 1.29 is 23.9 Å². The predicted octanol–water partition coefficient (Wildman–Crippen LogP) is 2.46. The Morgan fingerprint density at radius 2 is 1.65 bits per heavy atom. The second kappa shape index (κ2) is 9.75. The van der Waals surface area contributed by atoms with Gasteiger partial charge in [0.2, 0.25) is 24.5 Å². The van der Waals surface area contributed by atoms with Gasteiger partial charge in [0.15, 0.2) is 11.5 Å². The smallest absolute Gasteiger partial charge is 0.231 e. The number of carbonyl (C=O) groups excluding carboxylic acids is 3. The van der Waals surface area contributed by atoms with Crippen molar-refractivity contribution in [1.29, 1.82) is 0 Å². The van der Waals surface area contributed by atoms with Crippen molar-refractivity contribution in [3.63, 3.8) is 0 Å². The first-order valence-corrected chi connectivity index (χ1v) is 11.9. The number of benzene rings is 2. The van der Waals surface area contributed by atoms with Gasteiger partial charge in [0.05, 0.1) is 5.92 Å². The molecule has 0 N–H and O–H groups in total. The maximum absolute atomic E-state index is 13.1.